The van der Waals surface area contributed by atoms with Gasteiger partial charge >= 0.3 is 0 Å². The van der Waals surface area contributed by atoms with Gasteiger partial charge in [-0.25, -0.2) is 9.07 Å². The zero-order valence-electron chi connectivity index (χ0n) is 10.1. The molecule has 2 rings (SSSR count). The molecule has 1 N–H and O–H groups in total. The molecule has 0 saturated carbocycles. The third kappa shape index (κ3) is 2.74. The van der Waals surface area contributed by atoms with Crippen LogP contribution in [0.2, 0.25) is 0 Å². The van der Waals surface area contributed by atoms with Gasteiger partial charge in [0.25, 0.3) is 5.56 Å². The number of hydrogen-bond acceptors (Lipinski definition) is 3. The summed E-state index contributed by atoms with van der Waals surface area (Å²) < 4.78 is 14.7. The number of hydrogen-bond donors (Lipinski definition) is 1. The quantitative estimate of drug-likeness (QED) is 0.897. The van der Waals surface area contributed by atoms with Gasteiger partial charge in [0.2, 0.25) is 0 Å². The molecule has 0 spiro atoms. The molecule has 1 heterocycles. The van der Waals surface area contributed by atoms with Crippen LogP contribution in [0.3, 0.4) is 0 Å². The summed E-state index contributed by atoms with van der Waals surface area (Å²) in [5.41, 5.74) is 0.868. The minimum Gasteiger partial charge on any atom is -0.384 e. The Morgan fingerprint density at radius 1 is 1.39 bits per heavy atom. The lowest BCUT2D eigenvalue weighted by Crippen LogP contribution is -2.23. The molecule has 94 valence electrons. The van der Waals surface area contributed by atoms with Crippen LogP contribution >= 0.6 is 0 Å². The van der Waals surface area contributed by atoms with E-state index in [1.807, 2.05) is 6.92 Å². The van der Waals surface area contributed by atoms with Crippen molar-refractivity contribution >= 4 is 5.69 Å². The van der Waals surface area contributed by atoms with Crippen molar-refractivity contribution in [3.05, 3.63) is 58.3 Å². The lowest BCUT2D eigenvalue weighted by molar-refractivity contribution is 0.572. The average molecular weight is 247 g/mol. The zero-order valence-corrected chi connectivity index (χ0v) is 10.1. The molecule has 0 amide bonds. The normalized spacial score (nSPS) is 10.3. The molecule has 0 aliphatic rings. The predicted molar refractivity (Wildman–Crippen MR) is 68.2 cm³/mol. The molecule has 0 fully saturated rings. The Balaban J connectivity index is 2.25. The van der Waals surface area contributed by atoms with Crippen LogP contribution in [0.5, 0.6) is 0 Å². The van der Waals surface area contributed by atoms with Gasteiger partial charge in [-0.1, -0.05) is 18.2 Å². The van der Waals surface area contributed by atoms with Crippen LogP contribution in [0.1, 0.15) is 12.5 Å². The van der Waals surface area contributed by atoms with Crippen molar-refractivity contribution in [2.45, 2.75) is 13.5 Å². The van der Waals surface area contributed by atoms with E-state index in [4.69, 9.17) is 0 Å². The fourth-order valence-corrected chi connectivity index (χ4v) is 1.64. The van der Waals surface area contributed by atoms with Crippen LogP contribution in [-0.2, 0) is 6.54 Å². The van der Waals surface area contributed by atoms with Crippen LogP contribution < -0.4 is 10.9 Å². The third-order valence-electron chi connectivity index (χ3n) is 2.53. The molecule has 0 atom stereocenters. The van der Waals surface area contributed by atoms with Crippen molar-refractivity contribution in [3.8, 4) is 0 Å². The van der Waals surface area contributed by atoms with E-state index in [9.17, 15) is 9.18 Å². The number of nitrogens with zero attached hydrogens (tertiary/aromatic N) is 2. The van der Waals surface area contributed by atoms with Crippen molar-refractivity contribution < 1.29 is 4.39 Å². The molecule has 1 aromatic heterocycles. The molecule has 0 radical (unpaired) electrons. The second-order valence-electron chi connectivity index (χ2n) is 3.86. The van der Waals surface area contributed by atoms with E-state index >= 15 is 0 Å². The van der Waals surface area contributed by atoms with Gasteiger partial charge in [-0.15, -0.1) is 0 Å². The van der Waals surface area contributed by atoms with E-state index in [2.05, 4.69) is 10.4 Å². The van der Waals surface area contributed by atoms with Crippen LogP contribution in [-0.4, -0.2) is 16.3 Å². The Labute approximate surface area is 104 Å². The van der Waals surface area contributed by atoms with Gasteiger partial charge in [0.05, 0.1) is 18.4 Å². The van der Waals surface area contributed by atoms with Gasteiger partial charge in [-0.05, 0) is 13.0 Å². The van der Waals surface area contributed by atoms with Crippen LogP contribution in [0, 0.1) is 5.82 Å². The van der Waals surface area contributed by atoms with E-state index in [1.54, 1.807) is 24.4 Å². The smallest absolute Gasteiger partial charge is 0.269 e. The van der Waals surface area contributed by atoms with Crippen molar-refractivity contribution in [1.29, 1.82) is 0 Å². The SMILES string of the molecule is CCNc1cnn(Cc2ccccc2F)c(=O)c1. The molecule has 0 saturated heterocycles. The lowest BCUT2D eigenvalue weighted by Gasteiger charge is -2.07. The minimum atomic E-state index is -0.332. The summed E-state index contributed by atoms with van der Waals surface area (Å²) in [6.07, 6.45) is 1.56. The van der Waals surface area contributed by atoms with E-state index < -0.39 is 0 Å². The molecule has 1 aromatic carbocycles. The summed E-state index contributed by atoms with van der Waals surface area (Å²) >= 11 is 0. The Kier molecular flexibility index (Phi) is 3.72. The summed E-state index contributed by atoms with van der Waals surface area (Å²) in [5.74, 6) is -0.332. The number of rotatable bonds is 4. The monoisotopic (exact) mass is 247 g/mol. The molecule has 0 bridgehead atoms. The average Bonchev–Trinajstić information content (AvgIpc) is 2.35. The first-order valence-electron chi connectivity index (χ1n) is 5.75. The highest BCUT2D eigenvalue weighted by Crippen LogP contribution is 2.07. The second-order valence-corrected chi connectivity index (χ2v) is 3.86. The zero-order chi connectivity index (χ0) is 13.0. The Bertz CT molecular complexity index is 595. The summed E-state index contributed by atoms with van der Waals surface area (Å²) in [5, 5.41) is 7.01. The topological polar surface area (TPSA) is 46.9 Å². The molecule has 5 heteroatoms. The van der Waals surface area contributed by atoms with E-state index in [-0.39, 0.29) is 17.9 Å². The summed E-state index contributed by atoms with van der Waals surface area (Å²) in [6, 6.07) is 7.81. The third-order valence-corrected chi connectivity index (χ3v) is 2.53. The molecule has 4 nitrogen and oxygen atoms in total. The number of halogens is 1. The number of benzene rings is 1. The molecule has 0 aliphatic heterocycles. The molecule has 0 unspecified atom stereocenters. The maximum atomic E-state index is 13.5. The highest BCUT2D eigenvalue weighted by molar-refractivity contribution is 5.38. The molecular formula is C13H14FN3O. The first-order valence-corrected chi connectivity index (χ1v) is 5.75. The van der Waals surface area contributed by atoms with E-state index in [1.165, 1.54) is 16.8 Å². The van der Waals surface area contributed by atoms with Crippen LogP contribution in [0.25, 0.3) is 0 Å². The maximum Gasteiger partial charge on any atom is 0.269 e. The standard InChI is InChI=1S/C13H14FN3O/c1-2-15-11-7-13(18)17(16-8-11)9-10-5-3-4-6-12(10)14/h3-8,15H,2,9H2,1H3. The highest BCUT2D eigenvalue weighted by Gasteiger charge is 2.04. The Hall–Kier alpha value is -2.17. The van der Waals surface area contributed by atoms with Crippen molar-refractivity contribution in [2.75, 3.05) is 11.9 Å². The highest BCUT2D eigenvalue weighted by atomic mass is 19.1. The molecule has 18 heavy (non-hydrogen) atoms. The Morgan fingerprint density at radius 3 is 2.83 bits per heavy atom. The van der Waals surface area contributed by atoms with Crippen molar-refractivity contribution in [2.24, 2.45) is 0 Å². The second kappa shape index (κ2) is 5.44. The summed E-state index contributed by atoms with van der Waals surface area (Å²) in [7, 11) is 0. The number of aromatic nitrogens is 2. The fourth-order valence-electron chi connectivity index (χ4n) is 1.64. The van der Waals surface area contributed by atoms with Crippen molar-refractivity contribution in [1.82, 2.24) is 9.78 Å². The van der Waals surface area contributed by atoms with Crippen molar-refractivity contribution in [3.63, 3.8) is 0 Å². The largest absolute Gasteiger partial charge is 0.384 e. The van der Waals surface area contributed by atoms with E-state index in [0.29, 0.717) is 11.3 Å². The van der Waals surface area contributed by atoms with Gasteiger partial charge in [0.1, 0.15) is 5.82 Å². The summed E-state index contributed by atoms with van der Waals surface area (Å²) in [6.45, 7) is 2.79. The van der Waals surface area contributed by atoms with Crippen LogP contribution in [0.15, 0.2) is 41.3 Å². The number of anilines is 1. The summed E-state index contributed by atoms with van der Waals surface area (Å²) in [4.78, 5) is 11.8. The predicted octanol–water partition coefficient (Wildman–Crippen LogP) is 1.86. The van der Waals surface area contributed by atoms with Gasteiger partial charge in [0, 0.05) is 18.2 Å². The van der Waals surface area contributed by atoms with Crippen LogP contribution in [0.4, 0.5) is 10.1 Å². The molecule has 0 aliphatic carbocycles. The minimum absolute atomic E-state index is 0.137. The maximum absolute atomic E-state index is 13.5. The molecule has 2 aromatic rings. The first kappa shape index (κ1) is 12.3. The molecular weight excluding hydrogens is 233 g/mol. The van der Waals surface area contributed by atoms with Gasteiger partial charge < -0.3 is 5.32 Å². The fraction of sp³-hybridized carbons (Fsp3) is 0.231. The Morgan fingerprint density at radius 2 is 2.17 bits per heavy atom. The van der Waals surface area contributed by atoms with E-state index in [0.717, 1.165) is 6.54 Å². The number of nitrogens with one attached hydrogen (secondary N) is 1. The van der Waals surface area contributed by atoms with Gasteiger partial charge in [-0.3, -0.25) is 4.79 Å². The van der Waals surface area contributed by atoms with Gasteiger partial charge in [-0.2, -0.15) is 5.10 Å². The van der Waals surface area contributed by atoms with Gasteiger partial charge in [0.15, 0.2) is 0 Å². The first-order chi connectivity index (χ1) is 8.70. The lowest BCUT2D eigenvalue weighted by atomic mass is 10.2.